The molecular formula is C19H16ClN5O2. The molecular weight excluding hydrogens is 366 g/mol. The average Bonchev–Trinajstić information content (AvgIpc) is 3.03. The molecule has 0 radical (unpaired) electrons. The molecule has 2 heterocycles. The molecule has 136 valence electrons. The molecule has 0 aliphatic heterocycles. The molecule has 3 aromatic rings. The Hall–Kier alpha value is -3.11. The van der Waals surface area contributed by atoms with Crippen molar-refractivity contribution in [3.8, 4) is 6.07 Å². The highest BCUT2D eigenvalue weighted by atomic mass is 35.5. The number of nitriles is 1. The summed E-state index contributed by atoms with van der Waals surface area (Å²) in [6.07, 6.45) is 2.71. The van der Waals surface area contributed by atoms with Crippen molar-refractivity contribution < 1.29 is 4.79 Å². The molecule has 0 amide bonds. The minimum atomic E-state index is -0.461. The summed E-state index contributed by atoms with van der Waals surface area (Å²) in [6.45, 7) is 0. The van der Waals surface area contributed by atoms with E-state index in [9.17, 15) is 14.9 Å². The van der Waals surface area contributed by atoms with Crippen LogP contribution in [0.3, 0.4) is 0 Å². The van der Waals surface area contributed by atoms with Gasteiger partial charge in [0.15, 0.2) is 5.82 Å². The Balaban J connectivity index is 1.81. The van der Waals surface area contributed by atoms with Crippen LogP contribution in [-0.2, 0) is 4.79 Å². The van der Waals surface area contributed by atoms with Gasteiger partial charge in [-0.1, -0.05) is 11.6 Å². The van der Waals surface area contributed by atoms with E-state index in [-0.39, 0.29) is 23.8 Å². The van der Waals surface area contributed by atoms with E-state index in [1.807, 2.05) is 0 Å². The van der Waals surface area contributed by atoms with Crippen LogP contribution in [0.15, 0.2) is 41.3 Å². The van der Waals surface area contributed by atoms with Crippen molar-refractivity contribution in [2.75, 3.05) is 5.32 Å². The molecule has 1 saturated carbocycles. The number of pyridine rings is 1. The number of hydrogen-bond acceptors (Lipinski definition) is 5. The SMILES string of the molecule is N#C[C@H]1CC(=O)CC[C@@H]1n1nc(Nc2ccc(Cl)cc2)c2c(=O)[nH]ccc21. The van der Waals surface area contributed by atoms with Gasteiger partial charge in [0.1, 0.15) is 11.2 Å². The number of halogens is 1. The van der Waals surface area contributed by atoms with Crippen LogP contribution >= 0.6 is 11.6 Å². The number of carbonyl (C=O) groups excluding carboxylic acids is 1. The quantitative estimate of drug-likeness (QED) is 0.722. The number of hydrogen-bond donors (Lipinski definition) is 2. The van der Waals surface area contributed by atoms with Gasteiger partial charge in [-0.05, 0) is 36.8 Å². The van der Waals surface area contributed by atoms with Crippen molar-refractivity contribution in [1.29, 1.82) is 5.26 Å². The highest BCUT2D eigenvalue weighted by Gasteiger charge is 2.33. The number of fused-ring (bicyclic) bond motifs is 1. The zero-order valence-electron chi connectivity index (χ0n) is 14.3. The molecule has 2 N–H and O–H groups in total. The Morgan fingerprint density at radius 2 is 2.04 bits per heavy atom. The molecule has 4 rings (SSSR count). The van der Waals surface area contributed by atoms with Gasteiger partial charge in [0.2, 0.25) is 0 Å². The Kier molecular flexibility index (Phi) is 4.42. The van der Waals surface area contributed by atoms with Crippen molar-refractivity contribution in [1.82, 2.24) is 14.8 Å². The van der Waals surface area contributed by atoms with Gasteiger partial charge in [0, 0.05) is 29.7 Å². The van der Waals surface area contributed by atoms with Crippen molar-refractivity contribution in [3.63, 3.8) is 0 Å². The molecule has 8 heteroatoms. The van der Waals surface area contributed by atoms with E-state index in [1.165, 1.54) is 0 Å². The second-order valence-corrected chi connectivity index (χ2v) is 7.01. The van der Waals surface area contributed by atoms with E-state index < -0.39 is 5.92 Å². The maximum absolute atomic E-state index is 12.5. The monoisotopic (exact) mass is 381 g/mol. The molecule has 2 aromatic heterocycles. The third-order valence-corrected chi connectivity index (χ3v) is 5.10. The minimum Gasteiger partial charge on any atom is -0.338 e. The fraction of sp³-hybridized carbons (Fsp3) is 0.263. The molecule has 0 spiro atoms. The smallest absolute Gasteiger partial charge is 0.261 e. The zero-order chi connectivity index (χ0) is 19.0. The number of nitrogens with one attached hydrogen (secondary N) is 2. The summed E-state index contributed by atoms with van der Waals surface area (Å²) in [5.41, 5.74) is 1.11. The van der Waals surface area contributed by atoms with Gasteiger partial charge in [-0.3, -0.25) is 14.3 Å². The van der Waals surface area contributed by atoms with Gasteiger partial charge in [-0.15, -0.1) is 0 Å². The Morgan fingerprint density at radius 3 is 2.78 bits per heavy atom. The maximum Gasteiger partial charge on any atom is 0.261 e. The molecule has 1 aliphatic rings. The lowest BCUT2D eigenvalue weighted by atomic mass is 9.84. The normalized spacial score (nSPS) is 19.8. The number of benzene rings is 1. The van der Waals surface area contributed by atoms with Gasteiger partial charge < -0.3 is 10.3 Å². The number of nitrogens with zero attached hydrogens (tertiary/aromatic N) is 3. The molecule has 1 aliphatic carbocycles. The first-order valence-electron chi connectivity index (χ1n) is 8.60. The predicted molar refractivity (Wildman–Crippen MR) is 102 cm³/mol. The largest absolute Gasteiger partial charge is 0.338 e. The summed E-state index contributed by atoms with van der Waals surface area (Å²) >= 11 is 5.92. The van der Waals surface area contributed by atoms with Crippen molar-refractivity contribution in [2.45, 2.75) is 25.3 Å². The number of aromatic nitrogens is 3. The lowest BCUT2D eigenvalue weighted by molar-refractivity contribution is -0.121. The van der Waals surface area contributed by atoms with E-state index in [0.29, 0.717) is 34.6 Å². The number of rotatable bonds is 3. The van der Waals surface area contributed by atoms with Crippen LogP contribution in [0.25, 0.3) is 10.9 Å². The molecule has 2 atom stereocenters. The van der Waals surface area contributed by atoms with E-state index in [1.54, 1.807) is 41.2 Å². The number of carbonyl (C=O) groups is 1. The predicted octanol–water partition coefficient (Wildman–Crippen LogP) is 3.56. The maximum atomic E-state index is 12.5. The summed E-state index contributed by atoms with van der Waals surface area (Å²) in [6, 6.07) is 10.8. The number of aromatic amines is 1. The Morgan fingerprint density at radius 1 is 1.26 bits per heavy atom. The Labute approximate surface area is 159 Å². The zero-order valence-corrected chi connectivity index (χ0v) is 15.0. The third kappa shape index (κ3) is 3.20. The first-order chi connectivity index (χ1) is 13.1. The third-order valence-electron chi connectivity index (χ3n) is 4.85. The van der Waals surface area contributed by atoms with Crippen LogP contribution in [0.1, 0.15) is 25.3 Å². The number of Topliss-reactive ketones (excluding diaryl/α,β-unsaturated/α-hetero) is 1. The topological polar surface area (TPSA) is 104 Å². The molecule has 7 nitrogen and oxygen atoms in total. The number of anilines is 2. The fourth-order valence-electron chi connectivity index (χ4n) is 3.53. The second-order valence-electron chi connectivity index (χ2n) is 6.58. The van der Waals surface area contributed by atoms with Gasteiger partial charge in [0.05, 0.1) is 23.5 Å². The van der Waals surface area contributed by atoms with Crippen LogP contribution in [0, 0.1) is 17.2 Å². The number of H-pyrrole nitrogens is 1. The molecule has 1 fully saturated rings. The standard InChI is InChI=1S/C19H16ClN5O2/c20-12-1-3-13(4-2-12)23-18-17-16(7-8-22-19(17)27)25(24-18)15-6-5-14(26)9-11(15)10-21/h1-4,7-8,11,15H,5-6,9H2,(H,22,27)(H,23,24)/t11-,15+/m1/s1. The van der Waals surface area contributed by atoms with E-state index in [0.717, 1.165) is 5.69 Å². The van der Waals surface area contributed by atoms with Crippen LogP contribution in [-0.4, -0.2) is 20.5 Å². The van der Waals surface area contributed by atoms with Gasteiger partial charge in [-0.2, -0.15) is 10.4 Å². The minimum absolute atomic E-state index is 0.0895. The van der Waals surface area contributed by atoms with E-state index in [2.05, 4.69) is 21.5 Å². The van der Waals surface area contributed by atoms with Crippen molar-refractivity contribution in [3.05, 3.63) is 51.9 Å². The first kappa shape index (κ1) is 17.3. The summed E-state index contributed by atoms with van der Waals surface area (Å²) < 4.78 is 1.71. The molecule has 0 unspecified atom stereocenters. The van der Waals surface area contributed by atoms with E-state index >= 15 is 0 Å². The fourth-order valence-corrected chi connectivity index (χ4v) is 3.65. The lowest BCUT2D eigenvalue weighted by Gasteiger charge is -2.26. The molecule has 27 heavy (non-hydrogen) atoms. The summed E-state index contributed by atoms with van der Waals surface area (Å²) in [5, 5.41) is 18.3. The van der Waals surface area contributed by atoms with Crippen molar-refractivity contribution >= 4 is 39.8 Å². The molecule has 0 bridgehead atoms. The van der Waals surface area contributed by atoms with Crippen LogP contribution in [0.4, 0.5) is 11.5 Å². The second kappa shape index (κ2) is 6.89. The average molecular weight is 382 g/mol. The summed E-state index contributed by atoms with van der Waals surface area (Å²) in [5.74, 6) is 0.0337. The molecule has 0 saturated heterocycles. The van der Waals surface area contributed by atoms with Gasteiger partial charge in [0.25, 0.3) is 5.56 Å². The molecule has 1 aromatic carbocycles. The van der Waals surface area contributed by atoms with Crippen LogP contribution in [0.2, 0.25) is 5.02 Å². The van der Waals surface area contributed by atoms with E-state index in [4.69, 9.17) is 11.6 Å². The van der Waals surface area contributed by atoms with Crippen molar-refractivity contribution in [2.24, 2.45) is 5.92 Å². The van der Waals surface area contributed by atoms with Crippen LogP contribution in [0.5, 0.6) is 0 Å². The highest BCUT2D eigenvalue weighted by molar-refractivity contribution is 6.30. The lowest BCUT2D eigenvalue weighted by Crippen LogP contribution is -2.27. The number of ketones is 1. The van der Waals surface area contributed by atoms with Crippen LogP contribution < -0.4 is 10.9 Å². The Bertz CT molecular complexity index is 1110. The van der Waals surface area contributed by atoms with Gasteiger partial charge in [-0.25, -0.2) is 0 Å². The highest BCUT2D eigenvalue weighted by Crippen LogP contribution is 2.35. The summed E-state index contributed by atoms with van der Waals surface area (Å²) in [7, 11) is 0. The first-order valence-corrected chi connectivity index (χ1v) is 8.98. The summed E-state index contributed by atoms with van der Waals surface area (Å²) in [4.78, 5) is 26.9. The van der Waals surface area contributed by atoms with Gasteiger partial charge >= 0.3 is 0 Å².